The lowest BCUT2D eigenvalue weighted by Crippen LogP contribution is -1.77. The van der Waals surface area contributed by atoms with E-state index in [1.807, 2.05) is 5.38 Å². The van der Waals surface area contributed by atoms with E-state index in [1.54, 1.807) is 11.3 Å². The van der Waals surface area contributed by atoms with Gasteiger partial charge in [-0.25, -0.2) is 0 Å². The molecule has 0 radical (unpaired) electrons. The number of nitrogens with zero attached hydrogens (tertiary/aromatic N) is 1. The van der Waals surface area contributed by atoms with Gasteiger partial charge in [0, 0.05) is 10.3 Å². The van der Waals surface area contributed by atoms with Crippen molar-refractivity contribution >= 4 is 11.3 Å². The van der Waals surface area contributed by atoms with Crippen LogP contribution in [0.15, 0.2) is 5.38 Å². The second-order valence-corrected chi connectivity index (χ2v) is 3.48. The summed E-state index contributed by atoms with van der Waals surface area (Å²) >= 11 is 1.74. The van der Waals surface area contributed by atoms with Crippen molar-refractivity contribution in [2.45, 2.75) is 19.3 Å². The minimum absolute atomic E-state index is 0.914. The Balaban J connectivity index is 2.57. The van der Waals surface area contributed by atoms with E-state index in [4.69, 9.17) is 5.26 Å². The van der Waals surface area contributed by atoms with Crippen LogP contribution in [0.4, 0.5) is 0 Å². The smallest absolute Gasteiger partial charge is 0.100 e. The third-order valence-corrected chi connectivity index (χ3v) is 3.02. The van der Waals surface area contributed by atoms with Gasteiger partial charge in [0.1, 0.15) is 6.07 Å². The Kier molecular flexibility index (Phi) is 1.25. The summed E-state index contributed by atoms with van der Waals surface area (Å²) in [6.07, 6.45) is 3.57. The van der Waals surface area contributed by atoms with Crippen molar-refractivity contribution in [3.8, 4) is 6.07 Å². The van der Waals surface area contributed by atoms with E-state index in [0.29, 0.717) is 0 Å². The summed E-state index contributed by atoms with van der Waals surface area (Å²) < 4.78 is 0. The Morgan fingerprint density at radius 2 is 2.40 bits per heavy atom. The van der Waals surface area contributed by atoms with Crippen molar-refractivity contribution in [3.05, 3.63) is 21.4 Å². The van der Waals surface area contributed by atoms with Crippen LogP contribution in [-0.2, 0) is 12.8 Å². The lowest BCUT2D eigenvalue weighted by molar-refractivity contribution is 0.913. The highest BCUT2D eigenvalue weighted by Gasteiger charge is 2.16. The van der Waals surface area contributed by atoms with Crippen LogP contribution in [0.3, 0.4) is 0 Å². The molecule has 2 heteroatoms. The predicted octanol–water partition coefficient (Wildman–Crippen LogP) is 2.11. The fourth-order valence-electron chi connectivity index (χ4n) is 1.43. The zero-order valence-electron chi connectivity index (χ0n) is 5.55. The number of fused-ring (bicyclic) bond motifs is 1. The van der Waals surface area contributed by atoms with Gasteiger partial charge in [0.2, 0.25) is 0 Å². The van der Waals surface area contributed by atoms with Crippen molar-refractivity contribution in [3.63, 3.8) is 0 Å². The van der Waals surface area contributed by atoms with Crippen molar-refractivity contribution in [1.29, 1.82) is 5.26 Å². The van der Waals surface area contributed by atoms with Crippen LogP contribution in [0, 0.1) is 11.3 Å². The molecular formula is C8H7NS. The van der Waals surface area contributed by atoms with Crippen LogP contribution in [-0.4, -0.2) is 0 Å². The monoisotopic (exact) mass is 149 g/mol. The standard InChI is InChI=1S/C8H7NS/c9-4-6-5-10-8-3-1-2-7(6)8/h5H,1-3H2. The van der Waals surface area contributed by atoms with Crippen molar-refractivity contribution in [2.75, 3.05) is 0 Å². The Bertz CT molecular complexity index is 293. The normalized spacial score (nSPS) is 14.7. The molecule has 0 bridgehead atoms. The quantitative estimate of drug-likeness (QED) is 0.554. The summed E-state index contributed by atoms with van der Waals surface area (Å²) in [6.45, 7) is 0. The van der Waals surface area contributed by atoms with E-state index >= 15 is 0 Å². The maximum absolute atomic E-state index is 8.65. The van der Waals surface area contributed by atoms with Gasteiger partial charge in [0.15, 0.2) is 0 Å². The van der Waals surface area contributed by atoms with E-state index in [0.717, 1.165) is 12.0 Å². The summed E-state index contributed by atoms with van der Waals surface area (Å²) in [5.74, 6) is 0. The molecule has 50 valence electrons. The Labute approximate surface area is 63.9 Å². The first-order chi connectivity index (χ1) is 4.92. The highest BCUT2D eigenvalue weighted by Crippen LogP contribution is 2.30. The molecule has 1 nitrogen and oxygen atoms in total. The van der Waals surface area contributed by atoms with E-state index in [2.05, 4.69) is 6.07 Å². The van der Waals surface area contributed by atoms with Crippen LogP contribution < -0.4 is 0 Å². The molecule has 0 spiro atoms. The SMILES string of the molecule is N#Cc1csc2c1CCC2. The number of nitriles is 1. The average Bonchev–Trinajstić information content (AvgIpc) is 2.44. The zero-order chi connectivity index (χ0) is 6.97. The van der Waals surface area contributed by atoms with Gasteiger partial charge in [0.25, 0.3) is 0 Å². The molecule has 0 saturated carbocycles. The number of hydrogen-bond donors (Lipinski definition) is 0. The summed E-state index contributed by atoms with van der Waals surface area (Å²) in [6, 6.07) is 2.22. The molecule has 1 heterocycles. The first kappa shape index (κ1) is 5.94. The highest BCUT2D eigenvalue weighted by molar-refractivity contribution is 7.10. The maximum Gasteiger partial charge on any atom is 0.100 e. The molecule has 0 unspecified atom stereocenters. The molecular weight excluding hydrogens is 142 g/mol. The molecule has 0 aliphatic heterocycles. The first-order valence-corrected chi connectivity index (χ1v) is 4.29. The summed E-state index contributed by atoms with van der Waals surface area (Å²) in [4.78, 5) is 1.44. The highest BCUT2D eigenvalue weighted by atomic mass is 32.1. The van der Waals surface area contributed by atoms with Crippen LogP contribution in [0.5, 0.6) is 0 Å². The summed E-state index contributed by atoms with van der Waals surface area (Å²) in [7, 11) is 0. The van der Waals surface area contributed by atoms with E-state index in [1.165, 1.54) is 23.3 Å². The molecule has 1 aromatic rings. The molecule has 0 N–H and O–H groups in total. The van der Waals surface area contributed by atoms with Crippen LogP contribution >= 0.6 is 11.3 Å². The summed E-state index contributed by atoms with van der Waals surface area (Å²) in [5, 5.41) is 10.6. The zero-order valence-corrected chi connectivity index (χ0v) is 6.37. The summed E-state index contributed by atoms with van der Waals surface area (Å²) in [5.41, 5.74) is 2.24. The van der Waals surface area contributed by atoms with Gasteiger partial charge in [-0.05, 0) is 24.8 Å². The Hall–Kier alpha value is -0.810. The largest absolute Gasteiger partial charge is 0.192 e. The fourth-order valence-corrected chi connectivity index (χ4v) is 2.50. The lowest BCUT2D eigenvalue weighted by atomic mass is 10.2. The molecule has 0 saturated heterocycles. The van der Waals surface area contributed by atoms with Crippen LogP contribution in [0.2, 0.25) is 0 Å². The molecule has 0 fully saturated rings. The van der Waals surface area contributed by atoms with Gasteiger partial charge in [-0.15, -0.1) is 11.3 Å². The van der Waals surface area contributed by atoms with Crippen molar-refractivity contribution < 1.29 is 0 Å². The van der Waals surface area contributed by atoms with Crippen LogP contribution in [0.1, 0.15) is 22.4 Å². The van der Waals surface area contributed by atoms with Gasteiger partial charge >= 0.3 is 0 Å². The molecule has 1 aromatic heterocycles. The Morgan fingerprint density at radius 3 is 3.20 bits per heavy atom. The molecule has 0 atom stereocenters. The molecule has 0 aromatic carbocycles. The third-order valence-electron chi connectivity index (χ3n) is 1.93. The van der Waals surface area contributed by atoms with E-state index in [9.17, 15) is 0 Å². The van der Waals surface area contributed by atoms with Gasteiger partial charge in [-0.1, -0.05) is 0 Å². The second kappa shape index (κ2) is 2.10. The second-order valence-electron chi connectivity index (χ2n) is 2.52. The molecule has 0 amide bonds. The Morgan fingerprint density at radius 1 is 1.50 bits per heavy atom. The first-order valence-electron chi connectivity index (χ1n) is 3.41. The minimum Gasteiger partial charge on any atom is -0.192 e. The number of thiophene rings is 1. The lowest BCUT2D eigenvalue weighted by Gasteiger charge is -1.85. The fraction of sp³-hybridized carbons (Fsp3) is 0.375. The predicted molar refractivity (Wildman–Crippen MR) is 41.1 cm³/mol. The third kappa shape index (κ3) is 0.676. The molecule has 1 aliphatic rings. The van der Waals surface area contributed by atoms with Crippen molar-refractivity contribution in [1.82, 2.24) is 0 Å². The number of aryl methyl sites for hydroxylation is 1. The van der Waals surface area contributed by atoms with Gasteiger partial charge in [-0.2, -0.15) is 5.26 Å². The number of rotatable bonds is 0. The van der Waals surface area contributed by atoms with Crippen LogP contribution in [0.25, 0.3) is 0 Å². The molecule has 10 heavy (non-hydrogen) atoms. The molecule has 2 rings (SSSR count). The minimum atomic E-state index is 0.914. The maximum atomic E-state index is 8.65. The van der Waals surface area contributed by atoms with Gasteiger partial charge < -0.3 is 0 Å². The van der Waals surface area contributed by atoms with Gasteiger partial charge in [-0.3, -0.25) is 0 Å². The number of hydrogen-bond acceptors (Lipinski definition) is 2. The van der Waals surface area contributed by atoms with E-state index in [-0.39, 0.29) is 0 Å². The van der Waals surface area contributed by atoms with Gasteiger partial charge in [0.05, 0.1) is 5.56 Å². The average molecular weight is 149 g/mol. The molecule has 1 aliphatic carbocycles. The van der Waals surface area contributed by atoms with E-state index < -0.39 is 0 Å². The topological polar surface area (TPSA) is 23.8 Å². The van der Waals surface area contributed by atoms with Crippen molar-refractivity contribution in [2.24, 2.45) is 0 Å².